The summed E-state index contributed by atoms with van der Waals surface area (Å²) in [7, 11) is 0. The third kappa shape index (κ3) is 6.08. The number of pyridine rings is 1. The smallest absolute Gasteiger partial charge is 0.173 e. The predicted octanol–water partition coefficient (Wildman–Crippen LogP) is 4.89. The number of piperidine rings is 1. The summed E-state index contributed by atoms with van der Waals surface area (Å²) in [6.07, 6.45) is 13.5. The first-order valence-electron chi connectivity index (χ1n) is 16.8. The standard InChI is InChI=1S/C37H41F2N5O5/c1-3-26-29(38)8-7-23-14-25(46)15-27(31(23)26)33-32(39)34(28(17-42-33)35(40-2)41-11-13-45)43-22-48-19-36-9-4-6-30(36)44(12-5-10-36)24-16-37(49-18-24)20-47-21-37/h1,7-8,14-15,17,24,30,45-46H,2,4-6,9-13,16,18-22H2,(H,42,43). The maximum Gasteiger partial charge on any atom is 0.173 e. The average molecular weight is 674 g/mol. The highest BCUT2D eigenvalue weighted by Gasteiger charge is 2.54. The number of benzene rings is 2. The van der Waals surface area contributed by atoms with Crippen molar-refractivity contribution in [3.8, 4) is 29.4 Å². The van der Waals surface area contributed by atoms with E-state index in [2.05, 4.69) is 37.8 Å². The minimum absolute atomic E-state index is 0.00824. The maximum atomic E-state index is 16.7. The first-order valence-corrected chi connectivity index (χ1v) is 16.8. The van der Waals surface area contributed by atoms with Gasteiger partial charge < -0.3 is 29.7 Å². The monoisotopic (exact) mass is 673 g/mol. The van der Waals surface area contributed by atoms with Crippen LogP contribution < -0.4 is 5.32 Å². The summed E-state index contributed by atoms with van der Waals surface area (Å²) in [5, 5.41) is 23.7. The Hall–Kier alpha value is -3.99. The molecule has 10 nitrogen and oxygen atoms in total. The molecule has 1 spiro atoms. The first-order chi connectivity index (χ1) is 23.8. The van der Waals surface area contributed by atoms with Crippen LogP contribution in [0.15, 0.2) is 40.4 Å². The molecule has 4 aliphatic rings. The third-order valence-electron chi connectivity index (χ3n) is 10.7. The van der Waals surface area contributed by atoms with Gasteiger partial charge in [0.25, 0.3) is 0 Å². The second-order valence-electron chi connectivity index (χ2n) is 13.6. The van der Waals surface area contributed by atoms with Crippen LogP contribution in [0.25, 0.3) is 22.0 Å². The van der Waals surface area contributed by atoms with Crippen molar-refractivity contribution in [2.75, 3.05) is 58.2 Å². The van der Waals surface area contributed by atoms with Gasteiger partial charge in [0.05, 0.1) is 56.4 Å². The second kappa shape index (κ2) is 13.7. The Morgan fingerprint density at radius 3 is 2.82 bits per heavy atom. The van der Waals surface area contributed by atoms with Crippen molar-refractivity contribution in [1.82, 2.24) is 9.88 Å². The zero-order chi connectivity index (χ0) is 34.2. The zero-order valence-corrected chi connectivity index (χ0v) is 27.4. The number of phenols is 1. The molecule has 0 radical (unpaired) electrons. The number of terminal acetylenes is 1. The van der Waals surface area contributed by atoms with Crippen LogP contribution in [0.5, 0.6) is 5.75 Å². The van der Waals surface area contributed by atoms with Crippen molar-refractivity contribution < 1.29 is 33.2 Å². The van der Waals surface area contributed by atoms with Gasteiger partial charge in [0, 0.05) is 34.6 Å². The first kappa shape index (κ1) is 33.5. The number of likely N-dealkylation sites (tertiary alicyclic amines) is 1. The van der Waals surface area contributed by atoms with Crippen LogP contribution in [0.2, 0.25) is 0 Å². The lowest BCUT2D eigenvalue weighted by Crippen LogP contribution is -2.56. The van der Waals surface area contributed by atoms with E-state index in [-0.39, 0.29) is 75.9 Å². The Bertz CT molecular complexity index is 1830. The van der Waals surface area contributed by atoms with Crippen LogP contribution >= 0.6 is 0 Å². The number of aromatic nitrogens is 1. The van der Waals surface area contributed by atoms with Crippen molar-refractivity contribution in [1.29, 1.82) is 0 Å². The molecular weight excluding hydrogens is 632 g/mol. The molecule has 3 atom stereocenters. The fourth-order valence-corrected chi connectivity index (χ4v) is 8.46. The number of phenolic OH excluding ortho intramolecular Hbond substituents is 1. The largest absolute Gasteiger partial charge is 0.508 e. The fraction of sp³-hybridized carbons (Fsp3) is 0.486. The van der Waals surface area contributed by atoms with Gasteiger partial charge in [0.1, 0.15) is 29.6 Å². The number of nitrogens with zero attached hydrogens (tertiary/aromatic N) is 4. The molecule has 1 saturated carbocycles. The minimum atomic E-state index is -0.795. The SMILES string of the molecule is C#Cc1c(F)ccc2cc(O)cc(-c3ncc(C(N=C)=NCCO)c(NCOCC45CCCC4N(C4COC6(COC6)C4)CCC5)c3F)c12. The van der Waals surface area contributed by atoms with E-state index in [9.17, 15) is 14.6 Å². The number of aliphatic hydroxyl groups excluding tert-OH is 1. The van der Waals surface area contributed by atoms with Crippen LogP contribution in [0, 0.1) is 29.4 Å². The lowest BCUT2D eigenvalue weighted by Gasteiger charge is -2.49. The molecule has 3 unspecified atom stereocenters. The molecule has 3 N–H and O–H groups in total. The van der Waals surface area contributed by atoms with Gasteiger partial charge in [0.15, 0.2) is 11.7 Å². The highest BCUT2D eigenvalue weighted by molar-refractivity contribution is 6.07. The molecule has 1 aliphatic carbocycles. The van der Waals surface area contributed by atoms with Gasteiger partial charge in [-0.15, -0.1) is 6.42 Å². The zero-order valence-electron chi connectivity index (χ0n) is 27.4. The van der Waals surface area contributed by atoms with E-state index in [0.717, 1.165) is 51.7 Å². The van der Waals surface area contributed by atoms with Crippen molar-refractivity contribution in [3.63, 3.8) is 0 Å². The Labute approximate surface area is 284 Å². The van der Waals surface area contributed by atoms with Crippen molar-refractivity contribution >= 4 is 29.0 Å². The third-order valence-corrected chi connectivity index (χ3v) is 10.7. The maximum absolute atomic E-state index is 16.7. The molecule has 4 heterocycles. The molecule has 12 heteroatoms. The van der Waals surface area contributed by atoms with Gasteiger partial charge in [-0.1, -0.05) is 18.4 Å². The number of aromatic hydroxyl groups is 1. The summed E-state index contributed by atoms with van der Waals surface area (Å²) in [4.78, 5) is 15.3. The van der Waals surface area contributed by atoms with Gasteiger partial charge in [-0.3, -0.25) is 14.9 Å². The van der Waals surface area contributed by atoms with Crippen LogP contribution in [-0.4, -0.2) is 103 Å². The number of aliphatic hydroxyl groups is 1. The van der Waals surface area contributed by atoms with Crippen LogP contribution in [0.1, 0.15) is 49.7 Å². The van der Waals surface area contributed by atoms with E-state index in [0.29, 0.717) is 37.3 Å². The number of hydrogen-bond donors (Lipinski definition) is 3. The quantitative estimate of drug-likeness (QED) is 0.0916. The minimum Gasteiger partial charge on any atom is -0.508 e. The molecule has 258 valence electrons. The number of nitrogens with one attached hydrogen (secondary N) is 1. The van der Waals surface area contributed by atoms with Crippen molar-refractivity contribution in [2.24, 2.45) is 15.4 Å². The lowest BCUT2D eigenvalue weighted by atomic mass is 9.74. The van der Waals surface area contributed by atoms with E-state index in [1.165, 1.54) is 30.5 Å². The molecule has 0 amide bonds. The molecule has 3 aliphatic heterocycles. The van der Waals surface area contributed by atoms with Gasteiger partial charge >= 0.3 is 0 Å². The number of ether oxygens (including phenoxy) is 3. The molecule has 49 heavy (non-hydrogen) atoms. The topological polar surface area (TPSA) is 121 Å². The van der Waals surface area contributed by atoms with Crippen LogP contribution in [0.3, 0.4) is 0 Å². The lowest BCUT2D eigenvalue weighted by molar-refractivity contribution is -0.184. The summed E-state index contributed by atoms with van der Waals surface area (Å²) in [5.74, 6) is 0.834. The van der Waals surface area contributed by atoms with Gasteiger partial charge in [-0.05, 0) is 69.0 Å². The number of halogens is 2. The average Bonchev–Trinajstić information content (AvgIpc) is 3.74. The molecule has 4 fully saturated rings. The Morgan fingerprint density at radius 2 is 2.08 bits per heavy atom. The number of rotatable bonds is 10. The summed E-state index contributed by atoms with van der Waals surface area (Å²) in [6.45, 7) is 6.98. The molecule has 3 aromatic rings. The summed E-state index contributed by atoms with van der Waals surface area (Å²) >= 11 is 0. The highest BCUT2D eigenvalue weighted by Crippen LogP contribution is 2.50. The number of anilines is 1. The van der Waals surface area contributed by atoms with E-state index in [1.807, 2.05) is 0 Å². The van der Waals surface area contributed by atoms with Gasteiger partial charge in [-0.25, -0.2) is 13.8 Å². The van der Waals surface area contributed by atoms with E-state index < -0.39 is 11.6 Å². The van der Waals surface area contributed by atoms with Crippen LogP contribution in [0.4, 0.5) is 14.5 Å². The molecular formula is C37H41F2N5O5. The van der Waals surface area contributed by atoms with Crippen molar-refractivity contribution in [3.05, 3.63) is 53.2 Å². The normalized spacial score (nSPS) is 24.9. The molecule has 2 aromatic carbocycles. The molecule has 7 rings (SSSR count). The Morgan fingerprint density at radius 1 is 1.24 bits per heavy atom. The summed E-state index contributed by atoms with van der Waals surface area (Å²) in [6, 6.07) is 6.18. The molecule has 3 saturated heterocycles. The fourth-order valence-electron chi connectivity index (χ4n) is 8.46. The van der Waals surface area contributed by atoms with Gasteiger partial charge in [-0.2, -0.15) is 0 Å². The summed E-state index contributed by atoms with van der Waals surface area (Å²) in [5.41, 5.74) is -0.0365. The number of hydrogen-bond acceptors (Lipinski definition) is 9. The summed E-state index contributed by atoms with van der Waals surface area (Å²) < 4.78 is 49.6. The van der Waals surface area contributed by atoms with Crippen molar-refractivity contribution in [2.45, 2.75) is 56.2 Å². The Kier molecular flexibility index (Phi) is 9.39. The number of amidine groups is 1. The molecule has 0 bridgehead atoms. The second-order valence-corrected chi connectivity index (χ2v) is 13.6. The van der Waals surface area contributed by atoms with E-state index in [1.54, 1.807) is 0 Å². The number of aliphatic imine (C=N–C) groups is 2. The number of fused-ring (bicyclic) bond motifs is 2. The van der Waals surface area contributed by atoms with Gasteiger partial charge in [0.2, 0.25) is 0 Å². The van der Waals surface area contributed by atoms with E-state index >= 15 is 4.39 Å². The highest BCUT2D eigenvalue weighted by atomic mass is 19.1. The molecule has 1 aromatic heterocycles. The Balaban J connectivity index is 1.17. The van der Waals surface area contributed by atoms with Crippen LogP contribution in [-0.2, 0) is 14.2 Å². The predicted molar refractivity (Wildman–Crippen MR) is 183 cm³/mol. The van der Waals surface area contributed by atoms with E-state index in [4.69, 9.17) is 20.6 Å².